The van der Waals surface area contributed by atoms with Crippen molar-refractivity contribution in [1.29, 1.82) is 0 Å². The molecule has 4 atom stereocenters. The van der Waals surface area contributed by atoms with Crippen LogP contribution in [0.1, 0.15) is 31.2 Å². The summed E-state index contributed by atoms with van der Waals surface area (Å²) in [5, 5.41) is 14.4. The number of imidazole rings is 2. The van der Waals surface area contributed by atoms with Crippen molar-refractivity contribution in [1.82, 2.24) is 35.5 Å². The molecule has 0 saturated carbocycles. The van der Waals surface area contributed by atoms with Gasteiger partial charge in [0.1, 0.15) is 18.1 Å². The number of hydrogen-bond acceptors (Lipinski definition) is 7. The van der Waals surface area contributed by atoms with Gasteiger partial charge in [0, 0.05) is 43.2 Å². The molecule has 4 unspecified atom stereocenters. The SMILES string of the molecule is CC(NC(=O)C1CCCN1C(=O)C(N)Cc1cnc[nH]1)C(=O)NC(Cc1cnc[nH]1)C(=O)O. The van der Waals surface area contributed by atoms with Crippen LogP contribution in [0.5, 0.6) is 0 Å². The van der Waals surface area contributed by atoms with E-state index in [1.54, 1.807) is 6.20 Å². The van der Waals surface area contributed by atoms with Crippen LogP contribution in [0.4, 0.5) is 0 Å². The number of rotatable bonds is 10. The predicted octanol–water partition coefficient (Wildman–Crippen LogP) is -1.69. The molecule has 33 heavy (non-hydrogen) atoms. The number of likely N-dealkylation sites (tertiary alicyclic amines) is 1. The summed E-state index contributed by atoms with van der Waals surface area (Å²) in [5.74, 6) is -2.71. The average molecular weight is 460 g/mol. The fraction of sp³-hybridized carbons (Fsp3) is 0.500. The Morgan fingerprint density at radius 3 is 2.36 bits per heavy atom. The van der Waals surface area contributed by atoms with Gasteiger partial charge >= 0.3 is 5.97 Å². The van der Waals surface area contributed by atoms with E-state index in [0.29, 0.717) is 30.8 Å². The minimum Gasteiger partial charge on any atom is -0.480 e. The Kier molecular flexibility index (Phi) is 7.77. The summed E-state index contributed by atoms with van der Waals surface area (Å²) in [7, 11) is 0. The second-order valence-electron chi connectivity index (χ2n) is 7.99. The van der Waals surface area contributed by atoms with Crippen LogP contribution >= 0.6 is 0 Å². The molecule has 0 radical (unpaired) electrons. The number of aromatic amines is 2. The van der Waals surface area contributed by atoms with Gasteiger partial charge in [-0.1, -0.05) is 0 Å². The molecule has 3 rings (SSSR count). The van der Waals surface area contributed by atoms with Crippen LogP contribution in [0.2, 0.25) is 0 Å². The quantitative estimate of drug-likeness (QED) is 0.241. The van der Waals surface area contributed by atoms with Crippen molar-refractivity contribution >= 4 is 23.7 Å². The lowest BCUT2D eigenvalue weighted by atomic mass is 10.1. The van der Waals surface area contributed by atoms with Crippen LogP contribution in [0.3, 0.4) is 0 Å². The smallest absolute Gasteiger partial charge is 0.326 e. The zero-order chi connectivity index (χ0) is 24.0. The van der Waals surface area contributed by atoms with Crippen LogP contribution < -0.4 is 16.4 Å². The predicted molar refractivity (Wildman–Crippen MR) is 114 cm³/mol. The van der Waals surface area contributed by atoms with Crippen LogP contribution in [-0.2, 0) is 32.0 Å². The minimum absolute atomic E-state index is 0.0147. The molecule has 0 aromatic carbocycles. The highest BCUT2D eigenvalue weighted by atomic mass is 16.4. The molecule has 0 aliphatic carbocycles. The fourth-order valence-electron chi connectivity index (χ4n) is 3.72. The maximum absolute atomic E-state index is 12.8. The number of H-pyrrole nitrogens is 2. The van der Waals surface area contributed by atoms with Gasteiger partial charge in [-0.3, -0.25) is 14.4 Å². The number of carboxylic acid groups (broad SMARTS) is 1. The van der Waals surface area contributed by atoms with Crippen molar-refractivity contribution < 1.29 is 24.3 Å². The molecule has 0 bridgehead atoms. The summed E-state index contributed by atoms with van der Waals surface area (Å²) >= 11 is 0. The van der Waals surface area contributed by atoms with Crippen molar-refractivity contribution in [2.24, 2.45) is 5.73 Å². The first kappa shape index (κ1) is 23.9. The minimum atomic E-state index is -1.21. The van der Waals surface area contributed by atoms with Gasteiger partial charge in [-0.25, -0.2) is 14.8 Å². The lowest BCUT2D eigenvalue weighted by Gasteiger charge is -2.27. The highest BCUT2D eigenvalue weighted by Gasteiger charge is 2.37. The van der Waals surface area contributed by atoms with E-state index in [-0.39, 0.29) is 18.7 Å². The Bertz CT molecular complexity index is 961. The van der Waals surface area contributed by atoms with E-state index < -0.39 is 42.0 Å². The molecule has 2 aromatic rings. The number of hydrogen-bond donors (Lipinski definition) is 6. The molecule has 1 fully saturated rings. The van der Waals surface area contributed by atoms with Crippen molar-refractivity contribution in [2.75, 3.05) is 6.54 Å². The van der Waals surface area contributed by atoms with E-state index >= 15 is 0 Å². The van der Waals surface area contributed by atoms with E-state index in [1.165, 1.54) is 30.7 Å². The third-order valence-electron chi connectivity index (χ3n) is 5.50. The van der Waals surface area contributed by atoms with Crippen LogP contribution in [-0.4, -0.2) is 84.3 Å². The Balaban J connectivity index is 1.55. The van der Waals surface area contributed by atoms with Crippen LogP contribution in [0.25, 0.3) is 0 Å². The molecule has 2 aromatic heterocycles. The largest absolute Gasteiger partial charge is 0.480 e. The number of nitrogens with one attached hydrogen (secondary N) is 4. The summed E-state index contributed by atoms with van der Waals surface area (Å²) in [4.78, 5) is 64.5. The first-order valence-electron chi connectivity index (χ1n) is 10.6. The van der Waals surface area contributed by atoms with Gasteiger partial charge in [-0.05, 0) is 19.8 Å². The molecule has 7 N–H and O–H groups in total. The third kappa shape index (κ3) is 6.16. The molecular formula is C20H28N8O5. The van der Waals surface area contributed by atoms with Gasteiger partial charge < -0.3 is 36.3 Å². The Labute approximate surface area is 189 Å². The highest BCUT2D eigenvalue weighted by molar-refractivity contribution is 5.94. The highest BCUT2D eigenvalue weighted by Crippen LogP contribution is 2.19. The van der Waals surface area contributed by atoms with Crippen LogP contribution in [0.15, 0.2) is 25.0 Å². The summed E-state index contributed by atoms with van der Waals surface area (Å²) < 4.78 is 0. The van der Waals surface area contributed by atoms with Gasteiger partial charge in [-0.2, -0.15) is 0 Å². The number of nitrogens with zero attached hydrogens (tertiary/aromatic N) is 3. The normalized spacial score (nSPS) is 18.4. The monoisotopic (exact) mass is 460 g/mol. The lowest BCUT2D eigenvalue weighted by molar-refractivity contribution is -0.143. The topological polar surface area (TPSA) is 199 Å². The van der Waals surface area contributed by atoms with E-state index in [0.717, 1.165) is 0 Å². The number of amides is 3. The molecule has 3 heterocycles. The number of aromatic nitrogens is 4. The van der Waals surface area contributed by atoms with Crippen molar-refractivity contribution in [3.05, 3.63) is 36.4 Å². The molecular weight excluding hydrogens is 432 g/mol. The van der Waals surface area contributed by atoms with Crippen molar-refractivity contribution in [3.63, 3.8) is 0 Å². The zero-order valence-corrected chi connectivity index (χ0v) is 18.2. The van der Waals surface area contributed by atoms with Gasteiger partial charge in [0.15, 0.2) is 0 Å². The third-order valence-corrected chi connectivity index (χ3v) is 5.50. The number of aliphatic carboxylic acids is 1. The second-order valence-corrected chi connectivity index (χ2v) is 7.99. The number of carbonyl (C=O) groups excluding carboxylic acids is 3. The standard InChI is InChI=1S/C20H28N8O5/c1-11(17(29)27-15(20(32)33)6-13-8-23-10-25-13)26-18(30)16-3-2-4-28(16)19(31)14(21)5-12-7-22-9-24-12/h7-11,14-16H,2-6,21H2,1H3,(H,22,24)(H,23,25)(H,26,30)(H,27,29)(H,32,33). The molecule has 13 nitrogen and oxygen atoms in total. The first-order valence-corrected chi connectivity index (χ1v) is 10.6. The summed E-state index contributed by atoms with van der Waals surface area (Å²) in [5.41, 5.74) is 7.30. The molecule has 0 spiro atoms. The Hall–Kier alpha value is -3.74. The number of carbonyl (C=O) groups is 4. The van der Waals surface area contributed by atoms with Crippen molar-refractivity contribution in [3.8, 4) is 0 Å². The van der Waals surface area contributed by atoms with Gasteiger partial charge in [0.25, 0.3) is 0 Å². The first-order chi connectivity index (χ1) is 15.8. The van der Waals surface area contributed by atoms with E-state index in [1.807, 2.05) is 0 Å². The summed E-state index contributed by atoms with van der Waals surface area (Å²) in [6.07, 6.45) is 7.31. The molecule has 178 valence electrons. The van der Waals surface area contributed by atoms with Crippen LogP contribution in [0, 0.1) is 0 Å². The molecule has 1 aliphatic rings. The summed E-state index contributed by atoms with van der Waals surface area (Å²) in [6, 6.07) is -3.78. The summed E-state index contributed by atoms with van der Waals surface area (Å²) in [6.45, 7) is 1.84. The van der Waals surface area contributed by atoms with Gasteiger partial charge in [0.05, 0.1) is 18.7 Å². The molecule has 3 amide bonds. The fourth-order valence-corrected chi connectivity index (χ4v) is 3.72. The molecule has 1 saturated heterocycles. The zero-order valence-electron chi connectivity index (χ0n) is 18.2. The van der Waals surface area contributed by atoms with Crippen molar-refractivity contribution in [2.45, 2.75) is 56.8 Å². The van der Waals surface area contributed by atoms with E-state index in [4.69, 9.17) is 5.73 Å². The number of carboxylic acids is 1. The maximum atomic E-state index is 12.8. The molecule has 13 heteroatoms. The lowest BCUT2D eigenvalue weighted by Crippen LogP contribution is -2.56. The second kappa shape index (κ2) is 10.7. The van der Waals surface area contributed by atoms with E-state index in [2.05, 4.69) is 30.6 Å². The van der Waals surface area contributed by atoms with Gasteiger partial charge in [0.2, 0.25) is 17.7 Å². The maximum Gasteiger partial charge on any atom is 0.326 e. The average Bonchev–Trinajstić information content (AvgIpc) is 3.54. The Morgan fingerprint density at radius 2 is 1.79 bits per heavy atom. The molecule has 1 aliphatic heterocycles. The number of nitrogens with two attached hydrogens (primary N) is 1. The Morgan fingerprint density at radius 1 is 1.15 bits per heavy atom. The van der Waals surface area contributed by atoms with E-state index in [9.17, 15) is 24.3 Å². The van der Waals surface area contributed by atoms with Gasteiger partial charge in [-0.15, -0.1) is 0 Å².